The maximum absolute atomic E-state index is 12.0. The molecule has 0 saturated carbocycles. The molecule has 1 saturated heterocycles. The smallest absolute Gasteiger partial charge is 0.222 e. The summed E-state index contributed by atoms with van der Waals surface area (Å²) >= 11 is 0. The second kappa shape index (κ2) is 7.66. The molecule has 1 aliphatic heterocycles. The zero-order valence-corrected chi connectivity index (χ0v) is 10.7. The predicted molar refractivity (Wildman–Crippen MR) is 65.4 cm³/mol. The van der Waals surface area contributed by atoms with E-state index in [4.69, 9.17) is 4.74 Å². The van der Waals surface area contributed by atoms with Crippen LogP contribution >= 0.6 is 0 Å². The van der Waals surface area contributed by atoms with Crippen LogP contribution in [0.5, 0.6) is 0 Å². The molecule has 0 aliphatic carbocycles. The fourth-order valence-corrected chi connectivity index (χ4v) is 2.26. The molecule has 0 aromatic heterocycles. The molecular weight excluding hydrogens is 202 g/mol. The van der Waals surface area contributed by atoms with Crippen LogP contribution in [0, 0.1) is 0 Å². The van der Waals surface area contributed by atoms with Gasteiger partial charge in [0.05, 0.1) is 12.6 Å². The van der Waals surface area contributed by atoms with E-state index in [-0.39, 0.29) is 0 Å². The van der Waals surface area contributed by atoms with Crippen molar-refractivity contribution in [1.82, 2.24) is 4.90 Å². The molecule has 0 aromatic rings. The summed E-state index contributed by atoms with van der Waals surface area (Å²) in [6, 6.07) is 0.342. The van der Waals surface area contributed by atoms with Crippen LogP contribution in [0.15, 0.2) is 0 Å². The van der Waals surface area contributed by atoms with Crippen molar-refractivity contribution in [2.75, 3.05) is 19.8 Å². The lowest BCUT2D eigenvalue weighted by Gasteiger charge is -2.24. The molecule has 0 spiro atoms. The molecule has 1 aliphatic rings. The van der Waals surface area contributed by atoms with E-state index in [1.54, 1.807) is 0 Å². The number of hydrogen-bond donors (Lipinski definition) is 0. The van der Waals surface area contributed by atoms with E-state index in [9.17, 15) is 4.79 Å². The molecule has 0 N–H and O–H groups in total. The topological polar surface area (TPSA) is 29.5 Å². The molecule has 0 radical (unpaired) electrons. The Morgan fingerprint density at radius 2 is 2.19 bits per heavy atom. The maximum Gasteiger partial charge on any atom is 0.222 e. The highest BCUT2D eigenvalue weighted by Gasteiger charge is 2.27. The monoisotopic (exact) mass is 227 g/mol. The van der Waals surface area contributed by atoms with Gasteiger partial charge in [0.1, 0.15) is 0 Å². The SMILES string of the molecule is CCCCCC(=O)N1CCCC1COCC. The second-order valence-corrected chi connectivity index (χ2v) is 4.50. The summed E-state index contributed by atoms with van der Waals surface area (Å²) in [7, 11) is 0. The molecule has 1 atom stereocenters. The maximum atomic E-state index is 12.0. The summed E-state index contributed by atoms with van der Waals surface area (Å²) in [4.78, 5) is 14.0. The highest BCUT2D eigenvalue weighted by atomic mass is 16.5. The number of likely N-dealkylation sites (tertiary alicyclic amines) is 1. The number of nitrogens with zero attached hydrogens (tertiary/aromatic N) is 1. The van der Waals surface area contributed by atoms with Crippen LogP contribution in [0.25, 0.3) is 0 Å². The number of ether oxygens (including phenoxy) is 1. The summed E-state index contributed by atoms with van der Waals surface area (Å²) in [5.74, 6) is 0.329. The Hall–Kier alpha value is -0.570. The van der Waals surface area contributed by atoms with Gasteiger partial charge in [0, 0.05) is 19.6 Å². The number of carbonyl (C=O) groups excluding carboxylic acids is 1. The van der Waals surface area contributed by atoms with Gasteiger partial charge in [-0.3, -0.25) is 4.79 Å². The molecule has 1 rings (SSSR count). The zero-order chi connectivity index (χ0) is 11.8. The van der Waals surface area contributed by atoms with Gasteiger partial charge >= 0.3 is 0 Å². The molecule has 1 amide bonds. The van der Waals surface area contributed by atoms with E-state index in [1.807, 2.05) is 11.8 Å². The lowest BCUT2D eigenvalue weighted by molar-refractivity contribution is -0.133. The molecule has 1 fully saturated rings. The van der Waals surface area contributed by atoms with Crippen LogP contribution in [0.3, 0.4) is 0 Å². The average Bonchev–Trinajstić information content (AvgIpc) is 2.74. The van der Waals surface area contributed by atoms with Crippen molar-refractivity contribution in [3.63, 3.8) is 0 Å². The molecule has 3 heteroatoms. The molecule has 16 heavy (non-hydrogen) atoms. The number of rotatable bonds is 7. The molecule has 1 unspecified atom stereocenters. The van der Waals surface area contributed by atoms with Gasteiger partial charge in [-0.2, -0.15) is 0 Å². The van der Waals surface area contributed by atoms with Gasteiger partial charge in [-0.05, 0) is 26.2 Å². The Kier molecular flexibility index (Phi) is 6.46. The Bertz CT molecular complexity index is 206. The minimum atomic E-state index is 0.329. The van der Waals surface area contributed by atoms with Gasteiger partial charge in [0.2, 0.25) is 5.91 Å². The van der Waals surface area contributed by atoms with Gasteiger partial charge in [-0.1, -0.05) is 19.8 Å². The highest BCUT2D eigenvalue weighted by Crippen LogP contribution is 2.19. The van der Waals surface area contributed by atoms with Gasteiger partial charge < -0.3 is 9.64 Å². The van der Waals surface area contributed by atoms with E-state index < -0.39 is 0 Å². The minimum absolute atomic E-state index is 0.329. The van der Waals surface area contributed by atoms with Crippen molar-refractivity contribution in [2.45, 2.75) is 58.4 Å². The average molecular weight is 227 g/mol. The lowest BCUT2D eigenvalue weighted by atomic mass is 10.2. The van der Waals surface area contributed by atoms with Crippen molar-refractivity contribution in [3.8, 4) is 0 Å². The van der Waals surface area contributed by atoms with Crippen molar-refractivity contribution in [2.24, 2.45) is 0 Å². The molecule has 0 aromatic carbocycles. The summed E-state index contributed by atoms with van der Waals surface area (Å²) in [6.07, 6.45) is 6.34. The van der Waals surface area contributed by atoms with Crippen molar-refractivity contribution < 1.29 is 9.53 Å². The Morgan fingerprint density at radius 3 is 2.88 bits per heavy atom. The third-order valence-corrected chi connectivity index (χ3v) is 3.21. The summed E-state index contributed by atoms with van der Waals surface area (Å²) < 4.78 is 5.43. The number of hydrogen-bond acceptors (Lipinski definition) is 2. The first-order valence-corrected chi connectivity index (χ1v) is 6.66. The Labute approximate surface area is 99.1 Å². The third kappa shape index (κ3) is 4.12. The number of unbranched alkanes of at least 4 members (excludes halogenated alkanes) is 2. The summed E-state index contributed by atoms with van der Waals surface area (Å²) in [5, 5.41) is 0. The highest BCUT2D eigenvalue weighted by molar-refractivity contribution is 5.76. The summed E-state index contributed by atoms with van der Waals surface area (Å²) in [6.45, 7) is 6.56. The van der Waals surface area contributed by atoms with Gasteiger partial charge in [-0.25, -0.2) is 0 Å². The van der Waals surface area contributed by atoms with Crippen LogP contribution in [0.2, 0.25) is 0 Å². The first-order valence-electron chi connectivity index (χ1n) is 6.66. The van der Waals surface area contributed by atoms with Crippen LogP contribution in [-0.4, -0.2) is 36.6 Å². The lowest BCUT2D eigenvalue weighted by Crippen LogP contribution is -2.38. The summed E-state index contributed by atoms with van der Waals surface area (Å²) in [5.41, 5.74) is 0. The van der Waals surface area contributed by atoms with Gasteiger partial charge in [-0.15, -0.1) is 0 Å². The van der Waals surface area contributed by atoms with Crippen LogP contribution in [0.1, 0.15) is 52.4 Å². The van der Waals surface area contributed by atoms with Crippen molar-refractivity contribution in [3.05, 3.63) is 0 Å². The largest absolute Gasteiger partial charge is 0.380 e. The normalized spacial score (nSPS) is 20.4. The second-order valence-electron chi connectivity index (χ2n) is 4.50. The van der Waals surface area contributed by atoms with E-state index in [1.165, 1.54) is 6.42 Å². The fourth-order valence-electron chi connectivity index (χ4n) is 2.26. The molecule has 0 bridgehead atoms. The third-order valence-electron chi connectivity index (χ3n) is 3.21. The quantitative estimate of drug-likeness (QED) is 0.626. The predicted octanol–water partition coefficient (Wildman–Crippen LogP) is 2.59. The molecule has 1 heterocycles. The van der Waals surface area contributed by atoms with Gasteiger partial charge in [0.15, 0.2) is 0 Å². The standard InChI is InChI=1S/C13H25NO2/c1-3-5-6-9-13(15)14-10-7-8-12(14)11-16-4-2/h12H,3-11H2,1-2H3. The van der Waals surface area contributed by atoms with Crippen molar-refractivity contribution in [1.29, 1.82) is 0 Å². The van der Waals surface area contributed by atoms with E-state index in [2.05, 4.69) is 6.92 Å². The molecule has 94 valence electrons. The number of carbonyl (C=O) groups is 1. The Balaban J connectivity index is 2.29. The van der Waals surface area contributed by atoms with Crippen LogP contribution < -0.4 is 0 Å². The van der Waals surface area contributed by atoms with Crippen LogP contribution in [-0.2, 0) is 9.53 Å². The molecular formula is C13H25NO2. The minimum Gasteiger partial charge on any atom is -0.380 e. The van der Waals surface area contributed by atoms with E-state index >= 15 is 0 Å². The zero-order valence-electron chi connectivity index (χ0n) is 10.7. The first-order chi connectivity index (χ1) is 7.79. The van der Waals surface area contributed by atoms with Crippen molar-refractivity contribution >= 4 is 5.91 Å². The van der Waals surface area contributed by atoms with E-state index in [0.717, 1.165) is 51.9 Å². The first kappa shape index (κ1) is 13.5. The van der Waals surface area contributed by atoms with E-state index in [0.29, 0.717) is 11.9 Å². The fraction of sp³-hybridized carbons (Fsp3) is 0.923. The number of amides is 1. The molecule has 3 nitrogen and oxygen atoms in total. The van der Waals surface area contributed by atoms with Crippen LogP contribution in [0.4, 0.5) is 0 Å². The Morgan fingerprint density at radius 1 is 1.38 bits per heavy atom. The van der Waals surface area contributed by atoms with Gasteiger partial charge in [0.25, 0.3) is 0 Å².